The lowest BCUT2D eigenvalue weighted by atomic mass is 10.1. The van der Waals surface area contributed by atoms with E-state index in [1.165, 1.54) is 7.11 Å². The molecule has 7 nitrogen and oxygen atoms in total. The van der Waals surface area contributed by atoms with Gasteiger partial charge in [0.2, 0.25) is 5.75 Å². The number of hydrogen-bond acceptors (Lipinski definition) is 5. The first-order valence-corrected chi connectivity index (χ1v) is 8.68. The molecule has 0 aromatic heterocycles. The van der Waals surface area contributed by atoms with Gasteiger partial charge in [0.15, 0.2) is 11.5 Å². The fourth-order valence-electron chi connectivity index (χ4n) is 2.73. The summed E-state index contributed by atoms with van der Waals surface area (Å²) in [5.74, 6) is 0.729. The van der Waals surface area contributed by atoms with Crippen LogP contribution in [0.3, 0.4) is 0 Å². The van der Waals surface area contributed by atoms with Crippen molar-refractivity contribution in [3.05, 3.63) is 47.5 Å². The molecule has 142 valence electrons. The van der Waals surface area contributed by atoms with E-state index >= 15 is 0 Å². The monoisotopic (exact) mass is 370 g/mol. The van der Waals surface area contributed by atoms with Gasteiger partial charge < -0.3 is 24.8 Å². The molecule has 1 aliphatic rings. The second kappa shape index (κ2) is 7.99. The molecule has 0 bridgehead atoms. The van der Waals surface area contributed by atoms with Crippen LogP contribution in [0.4, 0.5) is 5.69 Å². The molecule has 0 fully saturated rings. The SMILES string of the molecule is COc1cc(C(=O)Nc2ccccc2C(=O)NC(C)C)cc2c1OCCO2. The number of carbonyl (C=O) groups excluding carboxylic acids is 2. The highest BCUT2D eigenvalue weighted by molar-refractivity contribution is 6.09. The molecule has 2 aromatic carbocycles. The van der Waals surface area contributed by atoms with Crippen molar-refractivity contribution in [1.29, 1.82) is 0 Å². The third-order valence-corrected chi connectivity index (χ3v) is 3.93. The number of para-hydroxylation sites is 1. The largest absolute Gasteiger partial charge is 0.493 e. The van der Waals surface area contributed by atoms with Gasteiger partial charge in [-0.25, -0.2) is 0 Å². The quantitative estimate of drug-likeness (QED) is 0.845. The van der Waals surface area contributed by atoms with Crippen molar-refractivity contribution < 1.29 is 23.8 Å². The average Bonchev–Trinajstić information content (AvgIpc) is 2.66. The van der Waals surface area contributed by atoms with Crippen LogP contribution in [-0.4, -0.2) is 38.2 Å². The van der Waals surface area contributed by atoms with Crippen LogP contribution in [0.1, 0.15) is 34.6 Å². The summed E-state index contributed by atoms with van der Waals surface area (Å²) >= 11 is 0. The van der Waals surface area contributed by atoms with E-state index in [0.717, 1.165) is 0 Å². The number of amides is 2. The molecule has 2 N–H and O–H groups in total. The number of ether oxygens (including phenoxy) is 3. The van der Waals surface area contributed by atoms with Gasteiger partial charge in [0.25, 0.3) is 11.8 Å². The predicted molar refractivity (Wildman–Crippen MR) is 101 cm³/mol. The molecule has 2 amide bonds. The summed E-state index contributed by atoms with van der Waals surface area (Å²) in [7, 11) is 1.50. The van der Waals surface area contributed by atoms with Crippen LogP contribution in [0.15, 0.2) is 36.4 Å². The summed E-state index contributed by atoms with van der Waals surface area (Å²) in [4.78, 5) is 25.1. The minimum Gasteiger partial charge on any atom is -0.493 e. The minimum absolute atomic E-state index is 0.0108. The molecule has 0 aliphatic carbocycles. The summed E-state index contributed by atoms with van der Waals surface area (Å²) in [6, 6.07) is 10.0. The second-order valence-corrected chi connectivity index (χ2v) is 6.33. The maximum atomic E-state index is 12.8. The Balaban J connectivity index is 1.87. The van der Waals surface area contributed by atoms with E-state index in [2.05, 4.69) is 10.6 Å². The van der Waals surface area contributed by atoms with E-state index in [4.69, 9.17) is 14.2 Å². The zero-order valence-electron chi connectivity index (χ0n) is 15.5. The van der Waals surface area contributed by atoms with Gasteiger partial charge >= 0.3 is 0 Å². The summed E-state index contributed by atoms with van der Waals surface area (Å²) in [6.45, 7) is 4.58. The first-order chi connectivity index (χ1) is 13.0. The first kappa shape index (κ1) is 18.6. The van der Waals surface area contributed by atoms with Gasteiger partial charge in [0.05, 0.1) is 18.4 Å². The molecule has 0 radical (unpaired) electrons. The molecule has 0 atom stereocenters. The molecule has 1 aliphatic heterocycles. The normalized spacial score (nSPS) is 12.4. The fraction of sp³-hybridized carbons (Fsp3) is 0.300. The Labute approximate surface area is 157 Å². The molecule has 0 spiro atoms. The molecule has 3 rings (SSSR count). The maximum absolute atomic E-state index is 12.8. The van der Waals surface area contributed by atoms with Crippen molar-refractivity contribution in [2.24, 2.45) is 0 Å². The van der Waals surface area contributed by atoms with E-state index in [1.54, 1.807) is 36.4 Å². The van der Waals surface area contributed by atoms with Gasteiger partial charge in [0.1, 0.15) is 13.2 Å². The summed E-state index contributed by atoms with van der Waals surface area (Å²) in [5, 5.41) is 5.61. The van der Waals surface area contributed by atoms with E-state index in [0.29, 0.717) is 47.3 Å². The molecule has 0 saturated carbocycles. The Morgan fingerprint density at radius 1 is 1.07 bits per heavy atom. The van der Waals surface area contributed by atoms with Crippen molar-refractivity contribution >= 4 is 17.5 Å². The van der Waals surface area contributed by atoms with Crippen molar-refractivity contribution in [1.82, 2.24) is 5.32 Å². The van der Waals surface area contributed by atoms with Crippen molar-refractivity contribution in [2.45, 2.75) is 19.9 Å². The topological polar surface area (TPSA) is 85.9 Å². The van der Waals surface area contributed by atoms with Gasteiger partial charge in [-0.05, 0) is 38.1 Å². The first-order valence-electron chi connectivity index (χ1n) is 8.68. The van der Waals surface area contributed by atoms with Crippen LogP contribution < -0.4 is 24.8 Å². The van der Waals surface area contributed by atoms with Gasteiger partial charge in [-0.1, -0.05) is 12.1 Å². The third kappa shape index (κ3) is 4.13. The van der Waals surface area contributed by atoms with Crippen LogP contribution in [0.5, 0.6) is 17.2 Å². The average molecular weight is 370 g/mol. The molecular weight excluding hydrogens is 348 g/mol. The lowest BCUT2D eigenvalue weighted by Crippen LogP contribution is -2.31. The maximum Gasteiger partial charge on any atom is 0.255 e. The number of nitrogens with one attached hydrogen (secondary N) is 2. The van der Waals surface area contributed by atoms with Crippen LogP contribution in [0.2, 0.25) is 0 Å². The number of carbonyl (C=O) groups is 2. The fourth-order valence-corrected chi connectivity index (χ4v) is 2.73. The van der Waals surface area contributed by atoms with Gasteiger partial charge in [0, 0.05) is 11.6 Å². The molecule has 1 heterocycles. The number of rotatable bonds is 5. The zero-order valence-corrected chi connectivity index (χ0v) is 15.5. The second-order valence-electron chi connectivity index (χ2n) is 6.33. The molecular formula is C20H22N2O5. The van der Waals surface area contributed by atoms with E-state index in [-0.39, 0.29) is 17.9 Å². The third-order valence-electron chi connectivity index (χ3n) is 3.93. The molecule has 27 heavy (non-hydrogen) atoms. The van der Waals surface area contributed by atoms with E-state index < -0.39 is 0 Å². The highest BCUT2D eigenvalue weighted by Crippen LogP contribution is 2.40. The molecule has 7 heteroatoms. The van der Waals surface area contributed by atoms with Crippen molar-refractivity contribution in [3.63, 3.8) is 0 Å². The van der Waals surface area contributed by atoms with E-state index in [1.807, 2.05) is 13.8 Å². The van der Waals surface area contributed by atoms with Crippen LogP contribution in [0, 0.1) is 0 Å². The van der Waals surface area contributed by atoms with Crippen molar-refractivity contribution in [3.8, 4) is 17.2 Å². The Morgan fingerprint density at radius 2 is 1.81 bits per heavy atom. The Kier molecular flexibility index (Phi) is 5.49. The van der Waals surface area contributed by atoms with Crippen LogP contribution in [0.25, 0.3) is 0 Å². The van der Waals surface area contributed by atoms with Gasteiger partial charge in [-0.2, -0.15) is 0 Å². The van der Waals surface area contributed by atoms with Crippen LogP contribution >= 0.6 is 0 Å². The number of fused-ring (bicyclic) bond motifs is 1. The molecule has 0 saturated heterocycles. The smallest absolute Gasteiger partial charge is 0.255 e. The zero-order chi connectivity index (χ0) is 19.4. The Bertz CT molecular complexity index is 846. The van der Waals surface area contributed by atoms with E-state index in [9.17, 15) is 9.59 Å². The number of hydrogen-bond donors (Lipinski definition) is 2. The number of benzene rings is 2. The predicted octanol–water partition coefficient (Wildman–Crippen LogP) is 2.86. The summed E-state index contributed by atoms with van der Waals surface area (Å²) in [6.07, 6.45) is 0. The Hall–Kier alpha value is -3.22. The minimum atomic E-state index is -0.380. The van der Waals surface area contributed by atoms with Crippen molar-refractivity contribution in [2.75, 3.05) is 25.6 Å². The Morgan fingerprint density at radius 3 is 2.56 bits per heavy atom. The molecule has 2 aromatic rings. The highest BCUT2D eigenvalue weighted by atomic mass is 16.6. The van der Waals surface area contributed by atoms with Crippen LogP contribution in [-0.2, 0) is 0 Å². The summed E-state index contributed by atoms with van der Waals surface area (Å²) < 4.78 is 16.4. The standard InChI is InChI=1S/C20H22N2O5/c1-12(2)21-20(24)14-6-4-5-7-15(14)22-19(23)13-10-16(25-3)18-17(11-13)26-8-9-27-18/h4-7,10-12H,8-9H2,1-3H3,(H,21,24)(H,22,23). The highest BCUT2D eigenvalue weighted by Gasteiger charge is 2.22. The lowest BCUT2D eigenvalue weighted by Gasteiger charge is -2.21. The molecule has 0 unspecified atom stereocenters. The van der Waals surface area contributed by atoms with Gasteiger partial charge in [-0.3, -0.25) is 9.59 Å². The van der Waals surface area contributed by atoms with Gasteiger partial charge in [-0.15, -0.1) is 0 Å². The number of methoxy groups -OCH3 is 1. The summed E-state index contributed by atoms with van der Waals surface area (Å²) in [5.41, 5.74) is 1.16. The number of anilines is 1. The lowest BCUT2D eigenvalue weighted by molar-refractivity contribution is 0.0944.